The lowest BCUT2D eigenvalue weighted by molar-refractivity contribution is -0.125. The average Bonchev–Trinajstić information content (AvgIpc) is 3.29. The van der Waals surface area contributed by atoms with Crippen molar-refractivity contribution in [2.75, 3.05) is 30.3 Å². The minimum absolute atomic E-state index is 0.0160. The fourth-order valence-corrected chi connectivity index (χ4v) is 4.40. The number of thiophene rings is 1. The molecule has 0 atom stereocenters. The molecule has 1 aliphatic heterocycles. The van der Waals surface area contributed by atoms with E-state index >= 15 is 0 Å². The molecule has 2 N–H and O–H groups in total. The number of aromatic nitrogens is 2. The summed E-state index contributed by atoms with van der Waals surface area (Å²) in [5.41, 5.74) is 0. The van der Waals surface area contributed by atoms with E-state index in [1.165, 1.54) is 11.8 Å². The van der Waals surface area contributed by atoms with Gasteiger partial charge in [-0.05, 0) is 42.8 Å². The van der Waals surface area contributed by atoms with Crippen LogP contribution in [0.15, 0.2) is 34.7 Å². The molecular weight excluding hydrogens is 406 g/mol. The summed E-state index contributed by atoms with van der Waals surface area (Å²) >= 11 is 3.01. The summed E-state index contributed by atoms with van der Waals surface area (Å²) in [5.74, 6) is 1.38. The maximum atomic E-state index is 12.1. The van der Waals surface area contributed by atoms with E-state index in [2.05, 4.69) is 32.7 Å². The third-order valence-corrected chi connectivity index (χ3v) is 6.55. The van der Waals surface area contributed by atoms with Crippen LogP contribution in [-0.4, -0.2) is 47.4 Å². The zero-order valence-electron chi connectivity index (χ0n) is 16.6. The molecule has 7 nitrogen and oxygen atoms in total. The van der Waals surface area contributed by atoms with Crippen LogP contribution in [0.2, 0.25) is 0 Å². The number of carbonyl (C=O) groups is 2. The van der Waals surface area contributed by atoms with Gasteiger partial charge in [0.1, 0.15) is 5.03 Å². The largest absolute Gasteiger partial charge is 0.356 e. The van der Waals surface area contributed by atoms with Crippen molar-refractivity contribution in [3.63, 3.8) is 0 Å². The summed E-state index contributed by atoms with van der Waals surface area (Å²) in [4.78, 5) is 27.4. The molecule has 0 radical (unpaired) electrons. The lowest BCUT2D eigenvalue weighted by Gasteiger charge is -2.31. The number of hydrogen-bond donors (Lipinski definition) is 2. The third-order valence-electron chi connectivity index (χ3n) is 4.76. The van der Waals surface area contributed by atoms with Crippen molar-refractivity contribution < 1.29 is 9.59 Å². The van der Waals surface area contributed by atoms with Gasteiger partial charge in [0, 0.05) is 30.4 Å². The number of carbonyl (C=O) groups excluding carboxylic acids is 2. The fraction of sp³-hybridized carbons (Fsp3) is 0.500. The SMILES string of the molecule is CCCNC(=O)C1CCN(c2ccc(SCC(=O)NCc3cccs3)nn2)CC1. The van der Waals surface area contributed by atoms with Crippen LogP contribution >= 0.6 is 23.1 Å². The Morgan fingerprint density at radius 1 is 1.21 bits per heavy atom. The molecule has 2 aromatic rings. The van der Waals surface area contributed by atoms with Gasteiger partial charge in [0.25, 0.3) is 0 Å². The summed E-state index contributed by atoms with van der Waals surface area (Å²) in [6, 6.07) is 7.82. The van der Waals surface area contributed by atoms with Gasteiger partial charge < -0.3 is 15.5 Å². The van der Waals surface area contributed by atoms with Crippen LogP contribution in [0.5, 0.6) is 0 Å². The van der Waals surface area contributed by atoms with Crippen LogP contribution < -0.4 is 15.5 Å². The highest BCUT2D eigenvalue weighted by Crippen LogP contribution is 2.23. The molecule has 0 saturated carbocycles. The molecule has 1 aliphatic rings. The van der Waals surface area contributed by atoms with Crippen LogP contribution in [0, 0.1) is 5.92 Å². The summed E-state index contributed by atoms with van der Waals surface area (Å²) in [7, 11) is 0. The summed E-state index contributed by atoms with van der Waals surface area (Å²) in [6.45, 7) is 4.97. The standard InChI is InChI=1S/C20H27N5O2S2/c1-2-9-21-20(27)15-7-10-25(11-8-15)17-5-6-19(24-23-17)29-14-18(26)22-13-16-4-3-12-28-16/h3-6,12,15H,2,7-11,13-14H2,1H3,(H,21,27)(H,22,26). The number of hydrogen-bond acceptors (Lipinski definition) is 7. The van der Waals surface area contributed by atoms with Crippen LogP contribution in [0.4, 0.5) is 5.82 Å². The molecule has 1 fully saturated rings. The molecule has 0 spiro atoms. The molecule has 3 rings (SSSR count). The number of anilines is 1. The molecular formula is C20H27N5O2S2. The molecule has 2 aromatic heterocycles. The minimum atomic E-state index is -0.0160. The quantitative estimate of drug-likeness (QED) is 0.591. The maximum Gasteiger partial charge on any atom is 0.230 e. The molecule has 0 aromatic carbocycles. The van der Waals surface area contributed by atoms with Crippen molar-refractivity contribution in [3.8, 4) is 0 Å². The number of amides is 2. The molecule has 0 aliphatic carbocycles. The molecule has 9 heteroatoms. The van der Waals surface area contributed by atoms with Gasteiger partial charge in [0.2, 0.25) is 11.8 Å². The Kier molecular flexibility index (Phi) is 8.30. The van der Waals surface area contributed by atoms with Crippen LogP contribution in [0.25, 0.3) is 0 Å². The van der Waals surface area contributed by atoms with E-state index < -0.39 is 0 Å². The van der Waals surface area contributed by atoms with Gasteiger partial charge in [0.05, 0.1) is 12.3 Å². The van der Waals surface area contributed by atoms with Crippen molar-refractivity contribution in [1.82, 2.24) is 20.8 Å². The average molecular weight is 434 g/mol. The highest BCUT2D eigenvalue weighted by atomic mass is 32.2. The normalized spacial score (nSPS) is 14.6. The second kappa shape index (κ2) is 11.2. The topological polar surface area (TPSA) is 87.2 Å². The summed E-state index contributed by atoms with van der Waals surface area (Å²) in [6.07, 6.45) is 2.62. The predicted molar refractivity (Wildman–Crippen MR) is 117 cm³/mol. The van der Waals surface area contributed by atoms with Gasteiger partial charge in [-0.1, -0.05) is 24.8 Å². The molecule has 29 heavy (non-hydrogen) atoms. The molecule has 2 amide bonds. The van der Waals surface area contributed by atoms with E-state index in [-0.39, 0.29) is 17.7 Å². The van der Waals surface area contributed by atoms with Crippen molar-refractivity contribution in [3.05, 3.63) is 34.5 Å². The van der Waals surface area contributed by atoms with Crippen molar-refractivity contribution >= 4 is 40.7 Å². The summed E-state index contributed by atoms with van der Waals surface area (Å²) in [5, 5.41) is 17.2. The Morgan fingerprint density at radius 3 is 2.69 bits per heavy atom. The first-order valence-electron chi connectivity index (χ1n) is 9.94. The van der Waals surface area contributed by atoms with Gasteiger partial charge in [-0.25, -0.2) is 0 Å². The maximum absolute atomic E-state index is 12.1. The fourth-order valence-electron chi connectivity index (χ4n) is 3.11. The highest BCUT2D eigenvalue weighted by Gasteiger charge is 2.25. The Hall–Kier alpha value is -2.13. The van der Waals surface area contributed by atoms with E-state index in [1.807, 2.05) is 29.6 Å². The Bertz CT molecular complexity index is 775. The smallest absolute Gasteiger partial charge is 0.230 e. The van der Waals surface area contributed by atoms with Crippen LogP contribution in [-0.2, 0) is 16.1 Å². The molecule has 3 heterocycles. The highest BCUT2D eigenvalue weighted by molar-refractivity contribution is 7.99. The van der Waals surface area contributed by atoms with E-state index in [0.717, 1.165) is 54.6 Å². The number of nitrogens with one attached hydrogen (secondary N) is 2. The van der Waals surface area contributed by atoms with E-state index in [4.69, 9.17) is 0 Å². The lowest BCUT2D eigenvalue weighted by atomic mass is 9.96. The van der Waals surface area contributed by atoms with E-state index in [1.54, 1.807) is 11.3 Å². The molecule has 0 bridgehead atoms. The Morgan fingerprint density at radius 2 is 2.03 bits per heavy atom. The predicted octanol–water partition coefficient (Wildman–Crippen LogP) is 2.69. The first kappa shape index (κ1) is 21.6. The van der Waals surface area contributed by atoms with Crippen molar-refractivity contribution in [2.24, 2.45) is 5.92 Å². The van der Waals surface area contributed by atoms with E-state index in [9.17, 15) is 9.59 Å². The zero-order chi connectivity index (χ0) is 20.5. The molecule has 156 valence electrons. The molecule has 1 saturated heterocycles. The van der Waals surface area contributed by atoms with Crippen molar-refractivity contribution in [1.29, 1.82) is 0 Å². The van der Waals surface area contributed by atoms with E-state index in [0.29, 0.717) is 12.3 Å². The third kappa shape index (κ3) is 6.71. The van der Waals surface area contributed by atoms with Gasteiger partial charge in [-0.2, -0.15) is 0 Å². The Balaban J connectivity index is 1.40. The van der Waals surface area contributed by atoms with Crippen molar-refractivity contribution in [2.45, 2.75) is 37.8 Å². The van der Waals surface area contributed by atoms with Gasteiger partial charge in [0.15, 0.2) is 5.82 Å². The van der Waals surface area contributed by atoms with Gasteiger partial charge >= 0.3 is 0 Å². The van der Waals surface area contributed by atoms with Gasteiger partial charge in [-0.15, -0.1) is 21.5 Å². The van der Waals surface area contributed by atoms with Crippen LogP contribution in [0.1, 0.15) is 31.1 Å². The van der Waals surface area contributed by atoms with Gasteiger partial charge in [-0.3, -0.25) is 9.59 Å². The second-order valence-corrected chi connectivity index (χ2v) is 8.95. The first-order chi connectivity index (χ1) is 14.2. The zero-order valence-corrected chi connectivity index (χ0v) is 18.2. The monoisotopic (exact) mass is 433 g/mol. The first-order valence-corrected chi connectivity index (χ1v) is 11.8. The lowest BCUT2D eigenvalue weighted by Crippen LogP contribution is -2.41. The Labute approximate surface area is 179 Å². The summed E-state index contributed by atoms with van der Waals surface area (Å²) < 4.78 is 0. The van der Waals surface area contributed by atoms with Crippen LogP contribution in [0.3, 0.4) is 0 Å². The number of thioether (sulfide) groups is 1. The number of piperidine rings is 1. The number of rotatable bonds is 9. The molecule has 0 unspecified atom stereocenters. The minimum Gasteiger partial charge on any atom is -0.356 e. The number of nitrogens with zero attached hydrogens (tertiary/aromatic N) is 3. The second-order valence-electron chi connectivity index (χ2n) is 6.93.